The first-order chi connectivity index (χ1) is 22.8. The van der Waals surface area contributed by atoms with Gasteiger partial charge in [-0.05, 0) is 107 Å². The molecule has 1 aromatic carbocycles. The number of hydrogen-bond donors (Lipinski definition) is 3. The number of nitrogens with zero attached hydrogens (tertiary/aromatic N) is 4. The van der Waals surface area contributed by atoms with Crippen LogP contribution in [-0.4, -0.2) is 65.1 Å². The molecule has 10 nitrogen and oxygen atoms in total. The molecule has 4 aliphatic carbocycles. The zero-order valence-corrected chi connectivity index (χ0v) is 27.9. The van der Waals surface area contributed by atoms with Gasteiger partial charge >= 0.3 is 12.5 Å². The van der Waals surface area contributed by atoms with Crippen molar-refractivity contribution in [3.8, 4) is 11.8 Å². The normalized spacial score (nSPS) is 27.0. The van der Waals surface area contributed by atoms with Crippen LogP contribution >= 0.6 is 0 Å². The van der Waals surface area contributed by atoms with Gasteiger partial charge in [0.25, 0.3) is 0 Å². The molecule has 5 fully saturated rings. The Morgan fingerprint density at radius 3 is 2.46 bits per heavy atom. The summed E-state index contributed by atoms with van der Waals surface area (Å²) in [7, 11) is 0. The number of anilines is 2. The van der Waals surface area contributed by atoms with E-state index in [-0.39, 0.29) is 29.8 Å². The number of piperidine rings is 1. The van der Waals surface area contributed by atoms with Crippen LogP contribution in [0.25, 0.3) is 0 Å². The Bertz CT molecular complexity index is 1480. The van der Waals surface area contributed by atoms with Crippen LogP contribution in [0.2, 0.25) is 0 Å². The van der Waals surface area contributed by atoms with Crippen LogP contribution in [0.4, 0.5) is 29.7 Å². The van der Waals surface area contributed by atoms with E-state index in [1.165, 1.54) is 31.2 Å². The van der Waals surface area contributed by atoms with Crippen molar-refractivity contribution in [1.29, 1.82) is 5.26 Å². The van der Waals surface area contributed by atoms with Crippen LogP contribution in [0.15, 0.2) is 30.5 Å². The monoisotopic (exact) mass is 669 g/mol. The Morgan fingerprint density at radius 2 is 1.79 bits per heavy atom. The number of alkyl halides is 3. The summed E-state index contributed by atoms with van der Waals surface area (Å²) in [5, 5.41) is 20.2. The molecule has 4 saturated carbocycles. The highest BCUT2D eigenvalue weighted by atomic mass is 19.4. The third kappa shape index (κ3) is 8.25. The maximum Gasteiger partial charge on any atom is 0.573 e. The molecule has 1 saturated heterocycles. The van der Waals surface area contributed by atoms with Crippen molar-refractivity contribution in [1.82, 2.24) is 20.2 Å². The minimum absolute atomic E-state index is 0.0177. The van der Waals surface area contributed by atoms with E-state index < -0.39 is 12.0 Å². The quantitative estimate of drug-likeness (QED) is 0.253. The lowest BCUT2D eigenvalue weighted by molar-refractivity contribution is -0.274. The average molecular weight is 670 g/mol. The van der Waals surface area contributed by atoms with Gasteiger partial charge in [-0.3, -0.25) is 0 Å². The van der Waals surface area contributed by atoms with Crippen LogP contribution < -0.4 is 20.7 Å². The van der Waals surface area contributed by atoms with E-state index >= 15 is 0 Å². The van der Waals surface area contributed by atoms with Gasteiger partial charge < -0.3 is 30.3 Å². The van der Waals surface area contributed by atoms with Gasteiger partial charge in [-0.25, -0.2) is 9.78 Å². The second-order valence-electron chi connectivity index (χ2n) is 15.2. The molecule has 3 N–H and O–H groups in total. The van der Waals surface area contributed by atoms with Crippen molar-refractivity contribution < 1.29 is 27.4 Å². The van der Waals surface area contributed by atoms with Gasteiger partial charge in [0, 0.05) is 37.8 Å². The van der Waals surface area contributed by atoms with Gasteiger partial charge in [0.2, 0.25) is 5.95 Å². The van der Waals surface area contributed by atoms with Gasteiger partial charge in [-0.1, -0.05) is 18.2 Å². The molecule has 5 atom stereocenters. The number of carbonyl (C=O) groups excluding carboxylic acids is 1. The van der Waals surface area contributed by atoms with Crippen molar-refractivity contribution in [3.63, 3.8) is 0 Å². The minimum Gasteiger partial charge on any atom is -0.444 e. The molecule has 1 amide bonds. The van der Waals surface area contributed by atoms with Gasteiger partial charge in [0.15, 0.2) is 0 Å². The summed E-state index contributed by atoms with van der Waals surface area (Å²) in [5.41, 5.74) is 0.277. The summed E-state index contributed by atoms with van der Waals surface area (Å²) in [6, 6.07) is 8.59. The summed E-state index contributed by atoms with van der Waals surface area (Å²) in [4.78, 5) is 23.1. The number of benzene rings is 1. The first-order valence-electron chi connectivity index (χ1n) is 17.1. The molecular weight excluding hydrogens is 623 g/mol. The van der Waals surface area contributed by atoms with E-state index in [2.05, 4.69) is 36.7 Å². The number of nitrogens with one attached hydrogen (secondary N) is 3. The Labute approximate surface area is 280 Å². The van der Waals surface area contributed by atoms with Gasteiger partial charge in [-0.15, -0.1) is 13.2 Å². The lowest BCUT2D eigenvalue weighted by Gasteiger charge is -2.60. The third-order valence-electron chi connectivity index (χ3n) is 10.5. The van der Waals surface area contributed by atoms with Crippen molar-refractivity contribution in [2.24, 2.45) is 29.1 Å². The standard InChI is InChI=1S/C35H46F3N7O3/c1-33(2,3)48-32(46)45-10-8-22(9-11-45)18-40-29-25-12-23-13-26(29)16-34(14-23,15-25)21-43-30-27(17-39)20-42-31(44-30)41-19-24-6-4-5-7-28(24)47-35(36,37)38/h4-7,20,22-23,25-26,29,40H,8-16,18-19,21H2,1-3H3,(H2,41,42,43,44)/t23?,25-,26+,29?,34?. The number of para-hydroxylation sites is 1. The van der Waals surface area contributed by atoms with Crippen LogP contribution in [-0.2, 0) is 11.3 Å². The average Bonchev–Trinajstić information content (AvgIpc) is 3.01. The maximum absolute atomic E-state index is 12.9. The Morgan fingerprint density at radius 1 is 1.08 bits per heavy atom. The second kappa shape index (κ2) is 13.6. The van der Waals surface area contributed by atoms with Crippen molar-refractivity contribution in [2.75, 3.05) is 36.8 Å². The predicted octanol–water partition coefficient (Wildman–Crippen LogP) is 6.70. The second-order valence-corrected chi connectivity index (χ2v) is 15.2. The molecule has 1 aliphatic heterocycles. The van der Waals surface area contributed by atoms with E-state index in [0.29, 0.717) is 53.2 Å². The number of nitriles is 1. The van der Waals surface area contributed by atoms with E-state index in [0.717, 1.165) is 51.7 Å². The molecule has 5 aliphatic rings. The van der Waals surface area contributed by atoms with Crippen LogP contribution in [0.5, 0.6) is 5.75 Å². The highest BCUT2D eigenvalue weighted by Gasteiger charge is 2.55. The fourth-order valence-corrected chi connectivity index (χ4v) is 8.69. The largest absolute Gasteiger partial charge is 0.573 e. The molecule has 2 heterocycles. The molecule has 0 spiro atoms. The minimum atomic E-state index is -4.80. The number of carbonyl (C=O) groups is 1. The SMILES string of the molecule is CC(C)(C)OC(=O)N1CCC(CNC2[C@@H]3CC4C[C@H]2CC(CNc2nc(NCc5ccccc5OC(F)(F)F)ncc2C#N)(C4)C3)CC1. The topological polar surface area (TPSA) is 124 Å². The fourth-order valence-electron chi connectivity index (χ4n) is 8.69. The number of halogens is 3. The van der Waals surface area contributed by atoms with Crippen LogP contribution in [0, 0.1) is 40.4 Å². The molecule has 13 heteroatoms. The number of amides is 1. The van der Waals surface area contributed by atoms with Crippen LogP contribution in [0.3, 0.4) is 0 Å². The Hall–Kier alpha value is -3.79. The number of likely N-dealkylation sites (tertiary alicyclic amines) is 1. The van der Waals surface area contributed by atoms with Gasteiger partial charge in [-0.2, -0.15) is 10.2 Å². The lowest BCUT2D eigenvalue weighted by Crippen LogP contribution is -2.60. The first-order valence-corrected chi connectivity index (χ1v) is 17.1. The van der Waals surface area contributed by atoms with Crippen molar-refractivity contribution in [3.05, 3.63) is 41.6 Å². The highest BCUT2D eigenvalue weighted by molar-refractivity contribution is 5.68. The van der Waals surface area contributed by atoms with E-state index in [4.69, 9.17) is 4.74 Å². The molecule has 3 unspecified atom stereocenters. The summed E-state index contributed by atoms with van der Waals surface area (Å²) >= 11 is 0. The Balaban J connectivity index is 1.02. The number of ether oxygens (including phenoxy) is 2. The number of aromatic nitrogens is 2. The smallest absolute Gasteiger partial charge is 0.444 e. The van der Waals surface area contributed by atoms with Gasteiger partial charge in [0.05, 0.1) is 6.20 Å². The highest BCUT2D eigenvalue weighted by Crippen LogP contribution is 2.60. The van der Waals surface area contributed by atoms with Crippen molar-refractivity contribution in [2.45, 2.75) is 90.3 Å². The van der Waals surface area contributed by atoms with Crippen molar-refractivity contribution >= 4 is 17.9 Å². The molecule has 1 aromatic heterocycles. The number of hydrogen-bond acceptors (Lipinski definition) is 9. The van der Waals surface area contributed by atoms with E-state index in [1.807, 2.05) is 25.7 Å². The fraction of sp³-hybridized carbons (Fsp3) is 0.657. The molecule has 260 valence electrons. The molecule has 48 heavy (non-hydrogen) atoms. The lowest BCUT2D eigenvalue weighted by atomic mass is 9.48. The third-order valence-corrected chi connectivity index (χ3v) is 10.5. The predicted molar refractivity (Wildman–Crippen MR) is 174 cm³/mol. The zero-order valence-electron chi connectivity index (χ0n) is 27.9. The summed E-state index contributed by atoms with van der Waals surface area (Å²) in [5.74, 6) is 2.82. The molecular formula is C35H46F3N7O3. The van der Waals surface area contributed by atoms with E-state index in [9.17, 15) is 23.2 Å². The van der Waals surface area contributed by atoms with Crippen LogP contribution in [0.1, 0.15) is 76.8 Å². The summed E-state index contributed by atoms with van der Waals surface area (Å²) in [6.45, 7) is 8.87. The van der Waals surface area contributed by atoms with E-state index in [1.54, 1.807) is 12.1 Å². The molecule has 4 bridgehead atoms. The Kier molecular flexibility index (Phi) is 9.67. The summed E-state index contributed by atoms with van der Waals surface area (Å²) < 4.78 is 48.3. The van der Waals surface area contributed by atoms with Gasteiger partial charge in [0.1, 0.15) is 28.8 Å². The number of rotatable bonds is 10. The molecule has 7 rings (SSSR count). The maximum atomic E-state index is 12.9. The first kappa shape index (κ1) is 34.1. The molecule has 2 aromatic rings. The molecule has 0 radical (unpaired) electrons. The summed E-state index contributed by atoms with van der Waals surface area (Å²) in [6.07, 6.45) is 4.29. The zero-order chi connectivity index (χ0) is 34.1.